The van der Waals surface area contributed by atoms with Gasteiger partial charge in [0.1, 0.15) is 0 Å². The van der Waals surface area contributed by atoms with Crippen molar-refractivity contribution in [1.82, 2.24) is 5.32 Å². The minimum Gasteiger partial charge on any atom is -0.385 e. The number of rotatable bonds is 10. The number of ether oxygens (including phenoxy) is 1. The van der Waals surface area contributed by atoms with Gasteiger partial charge in [-0.25, -0.2) is 0 Å². The van der Waals surface area contributed by atoms with Crippen LogP contribution in [0, 0.1) is 12.8 Å². The van der Waals surface area contributed by atoms with Gasteiger partial charge in [-0.1, -0.05) is 30.7 Å². The lowest BCUT2D eigenvalue weighted by molar-refractivity contribution is 0.190. The third-order valence-electron chi connectivity index (χ3n) is 4.25. The van der Waals surface area contributed by atoms with Crippen LogP contribution in [0.5, 0.6) is 0 Å². The van der Waals surface area contributed by atoms with Gasteiger partial charge in [0, 0.05) is 19.8 Å². The standard InChI is InChI=1S/C18H29NO/c1-15-7-3-4-9-17(15)13-16(8-5-6-12-20-2)14-19-18-10-11-18/h3-4,7,9,16,18-19H,5-6,8,10-14H2,1-2H3. The molecule has 1 saturated carbocycles. The molecule has 0 spiro atoms. The molecule has 2 rings (SSSR count). The number of methoxy groups -OCH3 is 1. The van der Waals surface area contributed by atoms with E-state index in [1.807, 2.05) is 0 Å². The molecule has 1 aromatic carbocycles. The number of nitrogens with one attached hydrogen (secondary N) is 1. The first-order valence-corrected chi connectivity index (χ1v) is 8.06. The highest BCUT2D eigenvalue weighted by molar-refractivity contribution is 5.25. The van der Waals surface area contributed by atoms with Gasteiger partial charge in [-0.3, -0.25) is 0 Å². The number of unbranched alkanes of at least 4 members (excludes halogenated alkanes) is 1. The van der Waals surface area contributed by atoms with Gasteiger partial charge in [0.2, 0.25) is 0 Å². The second-order valence-corrected chi connectivity index (χ2v) is 6.17. The molecule has 1 atom stereocenters. The van der Waals surface area contributed by atoms with Gasteiger partial charge in [0.05, 0.1) is 0 Å². The van der Waals surface area contributed by atoms with Crippen LogP contribution in [0.4, 0.5) is 0 Å². The maximum absolute atomic E-state index is 5.15. The predicted octanol–water partition coefficient (Wildman–Crippen LogP) is 3.72. The summed E-state index contributed by atoms with van der Waals surface area (Å²) in [6.45, 7) is 4.30. The zero-order chi connectivity index (χ0) is 14.2. The van der Waals surface area contributed by atoms with E-state index >= 15 is 0 Å². The lowest BCUT2D eigenvalue weighted by Crippen LogP contribution is -2.26. The number of benzene rings is 1. The van der Waals surface area contributed by atoms with E-state index in [1.165, 1.54) is 56.2 Å². The zero-order valence-corrected chi connectivity index (χ0v) is 13.0. The minimum atomic E-state index is 0.758. The fourth-order valence-corrected chi connectivity index (χ4v) is 2.73. The molecule has 112 valence electrons. The van der Waals surface area contributed by atoms with Crippen molar-refractivity contribution in [3.63, 3.8) is 0 Å². The number of hydrogen-bond donors (Lipinski definition) is 1. The third-order valence-corrected chi connectivity index (χ3v) is 4.25. The van der Waals surface area contributed by atoms with Gasteiger partial charge >= 0.3 is 0 Å². The Bertz CT molecular complexity index is 387. The average Bonchev–Trinajstić information content (AvgIpc) is 3.27. The average molecular weight is 275 g/mol. The van der Waals surface area contributed by atoms with E-state index in [0.717, 1.165) is 18.6 Å². The second kappa shape index (κ2) is 8.43. The van der Waals surface area contributed by atoms with Crippen molar-refractivity contribution in [2.45, 2.75) is 51.5 Å². The molecule has 0 saturated heterocycles. The largest absolute Gasteiger partial charge is 0.385 e. The summed E-state index contributed by atoms with van der Waals surface area (Å²) in [5, 5.41) is 3.71. The molecule has 0 amide bonds. The Labute approximate surface area is 123 Å². The highest BCUT2D eigenvalue weighted by Crippen LogP contribution is 2.22. The molecule has 0 heterocycles. The van der Waals surface area contributed by atoms with Crippen LogP contribution in [-0.4, -0.2) is 26.3 Å². The smallest absolute Gasteiger partial charge is 0.0462 e. The van der Waals surface area contributed by atoms with Gasteiger partial charge in [-0.15, -0.1) is 0 Å². The van der Waals surface area contributed by atoms with Crippen molar-refractivity contribution in [3.05, 3.63) is 35.4 Å². The molecule has 20 heavy (non-hydrogen) atoms. The molecule has 1 aliphatic rings. The van der Waals surface area contributed by atoms with Gasteiger partial charge in [0.15, 0.2) is 0 Å². The minimum absolute atomic E-state index is 0.758. The normalized spacial score (nSPS) is 16.3. The first kappa shape index (κ1) is 15.5. The van der Waals surface area contributed by atoms with Crippen molar-refractivity contribution in [1.29, 1.82) is 0 Å². The van der Waals surface area contributed by atoms with Crippen LogP contribution >= 0.6 is 0 Å². The highest BCUT2D eigenvalue weighted by Gasteiger charge is 2.22. The molecule has 0 aliphatic heterocycles. The molecule has 0 aromatic heterocycles. The summed E-state index contributed by atoms with van der Waals surface area (Å²) in [4.78, 5) is 0. The van der Waals surface area contributed by atoms with E-state index in [4.69, 9.17) is 4.74 Å². The Morgan fingerprint density at radius 2 is 2.05 bits per heavy atom. The summed E-state index contributed by atoms with van der Waals surface area (Å²) in [7, 11) is 1.79. The SMILES string of the molecule is COCCCCC(CNC1CC1)Cc1ccccc1C. The van der Waals surface area contributed by atoms with Gasteiger partial charge < -0.3 is 10.1 Å². The summed E-state index contributed by atoms with van der Waals surface area (Å²) in [6, 6.07) is 9.63. The van der Waals surface area contributed by atoms with Crippen LogP contribution in [0.3, 0.4) is 0 Å². The molecule has 2 nitrogen and oxygen atoms in total. The van der Waals surface area contributed by atoms with Crippen LogP contribution < -0.4 is 5.32 Å². The molecule has 2 heteroatoms. The zero-order valence-electron chi connectivity index (χ0n) is 13.0. The lowest BCUT2D eigenvalue weighted by Gasteiger charge is -2.19. The highest BCUT2D eigenvalue weighted by atomic mass is 16.5. The van der Waals surface area contributed by atoms with E-state index < -0.39 is 0 Å². The quantitative estimate of drug-likeness (QED) is 0.657. The van der Waals surface area contributed by atoms with Crippen molar-refractivity contribution in [3.8, 4) is 0 Å². The predicted molar refractivity (Wildman–Crippen MR) is 85.1 cm³/mol. The fourth-order valence-electron chi connectivity index (χ4n) is 2.73. The Balaban J connectivity index is 1.81. The van der Waals surface area contributed by atoms with E-state index in [2.05, 4.69) is 36.5 Å². The van der Waals surface area contributed by atoms with Crippen molar-refractivity contribution in [2.24, 2.45) is 5.92 Å². The fraction of sp³-hybridized carbons (Fsp3) is 0.667. The van der Waals surface area contributed by atoms with Crippen LogP contribution in [0.1, 0.15) is 43.2 Å². The Morgan fingerprint density at radius 3 is 2.75 bits per heavy atom. The molecule has 1 aliphatic carbocycles. The first-order chi connectivity index (χ1) is 9.79. The van der Waals surface area contributed by atoms with E-state index in [-0.39, 0.29) is 0 Å². The van der Waals surface area contributed by atoms with Crippen LogP contribution in [0.15, 0.2) is 24.3 Å². The number of aryl methyl sites for hydroxylation is 1. The monoisotopic (exact) mass is 275 g/mol. The molecule has 0 bridgehead atoms. The third kappa shape index (κ3) is 5.64. The van der Waals surface area contributed by atoms with Crippen LogP contribution in [0.2, 0.25) is 0 Å². The maximum Gasteiger partial charge on any atom is 0.0462 e. The molecule has 1 unspecified atom stereocenters. The molecular formula is C18H29NO. The summed E-state index contributed by atoms with van der Waals surface area (Å²) >= 11 is 0. The van der Waals surface area contributed by atoms with Crippen molar-refractivity contribution in [2.75, 3.05) is 20.3 Å². The summed E-state index contributed by atoms with van der Waals surface area (Å²) in [5.41, 5.74) is 2.95. The van der Waals surface area contributed by atoms with Crippen LogP contribution in [0.25, 0.3) is 0 Å². The van der Waals surface area contributed by atoms with Gasteiger partial charge in [-0.2, -0.15) is 0 Å². The molecule has 1 fully saturated rings. The van der Waals surface area contributed by atoms with E-state index in [9.17, 15) is 0 Å². The summed E-state index contributed by atoms with van der Waals surface area (Å²) < 4.78 is 5.15. The van der Waals surface area contributed by atoms with Gasteiger partial charge in [0.25, 0.3) is 0 Å². The van der Waals surface area contributed by atoms with Gasteiger partial charge in [-0.05, 0) is 62.6 Å². The Hall–Kier alpha value is -0.860. The van der Waals surface area contributed by atoms with Crippen molar-refractivity contribution >= 4 is 0 Å². The van der Waals surface area contributed by atoms with E-state index in [1.54, 1.807) is 7.11 Å². The number of hydrogen-bond acceptors (Lipinski definition) is 2. The Morgan fingerprint density at radius 1 is 1.25 bits per heavy atom. The van der Waals surface area contributed by atoms with Crippen molar-refractivity contribution < 1.29 is 4.74 Å². The first-order valence-electron chi connectivity index (χ1n) is 8.06. The summed E-state index contributed by atoms with van der Waals surface area (Å²) in [6.07, 6.45) is 7.72. The van der Waals surface area contributed by atoms with E-state index in [0.29, 0.717) is 0 Å². The Kier molecular flexibility index (Phi) is 6.55. The molecule has 1 N–H and O–H groups in total. The molecule has 0 radical (unpaired) electrons. The lowest BCUT2D eigenvalue weighted by atomic mass is 9.92. The molecular weight excluding hydrogens is 246 g/mol. The summed E-state index contributed by atoms with van der Waals surface area (Å²) in [5.74, 6) is 0.758. The maximum atomic E-state index is 5.15. The van der Waals surface area contributed by atoms with Crippen LogP contribution in [-0.2, 0) is 11.2 Å². The second-order valence-electron chi connectivity index (χ2n) is 6.17. The topological polar surface area (TPSA) is 21.3 Å². The molecule has 1 aromatic rings.